The standard InChI is InChI=1S/C19H24N4O4S/c1-22(2)28(26,27)23-11-7-14(8-12-23)13-17-18(21-10-9-20-17)15-5-3-4-6-16(15)19(24)25/h3-6,9-10,14H,7-8,11-13H2,1-2H3,(H,24,25). The van der Waals surface area contributed by atoms with E-state index in [1.54, 1.807) is 36.7 Å². The third kappa shape index (κ3) is 4.21. The van der Waals surface area contributed by atoms with Crippen molar-refractivity contribution in [3.05, 3.63) is 47.9 Å². The van der Waals surface area contributed by atoms with Gasteiger partial charge in [0.15, 0.2) is 0 Å². The summed E-state index contributed by atoms with van der Waals surface area (Å²) in [5.41, 5.74) is 2.05. The summed E-state index contributed by atoms with van der Waals surface area (Å²) in [5.74, 6) is -0.740. The van der Waals surface area contributed by atoms with E-state index in [1.165, 1.54) is 22.7 Å². The van der Waals surface area contributed by atoms with Gasteiger partial charge in [0.1, 0.15) is 0 Å². The molecule has 1 aromatic heterocycles. The predicted octanol–water partition coefficient (Wildman–Crippen LogP) is 1.90. The largest absolute Gasteiger partial charge is 0.478 e. The lowest BCUT2D eigenvalue weighted by Gasteiger charge is -2.32. The molecule has 1 aromatic carbocycles. The first-order chi connectivity index (χ1) is 13.3. The van der Waals surface area contributed by atoms with Crippen LogP contribution in [0.15, 0.2) is 36.7 Å². The number of piperidine rings is 1. The SMILES string of the molecule is CN(C)S(=O)(=O)N1CCC(Cc2nccnc2-c2ccccc2C(=O)O)CC1. The van der Waals surface area contributed by atoms with Crippen molar-refractivity contribution in [3.8, 4) is 11.3 Å². The summed E-state index contributed by atoms with van der Waals surface area (Å²) >= 11 is 0. The quantitative estimate of drug-likeness (QED) is 0.789. The fraction of sp³-hybridized carbons (Fsp3) is 0.421. The Morgan fingerprint density at radius 3 is 2.46 bits per heavy atom. The molecule has 0 spiro atoms. The molecule has 1 N–H and O–H groups in total. The van der Waals surface area contributed by atoms with E-state index in [0.29, 0.717) is 30.8 Å². The van der Waals surface area contributed by atoms with Crippen molar-refractivity contribution in [2.45, 2.75) is 19.3 Å². The summed E-state index contributed by atoms with van der Waals surface area (Å²) in [6, 6.07) is 6.76. The van der Waals surface area contributed by atoms with Gasteiger partial charge >= 0.3 is 5.97 Å². The molecule has 1 fully saturated rings. The van der Waals surface area contributed by atoms with Crippen LogP contribution in [0.4, 0.5) is 0 Å². The minimum Gasteiger partial charge on any atom is -0.478 e. The summed E-state index contributed by atoms with van der Waals surface area (Å²) in [7, 11) is -0.319. The molecule has 1 saturated heterocycles. The molecule has 0 aliphatic carbocycles. The molecule has 28 heavy (non-hydrogen) atoms. The first kappa shape index (κ1) is 20.4. The Balaban J connectivity index is 1.79. The fourth-order valence-corrected chi connectivity index (χ4v) is 4.60. The molecular formula is C19H24N4O4S. The van der Waals surface area contributed by atoms with Crippen molar-refractivity contribution in [2.75, 3.05) is 27.2 Å². The second-order valence-corrected chi connectivity index (χ2v) is 9.18. The van der Waals surface area contributed by atoms with Crippen LogP contribution >= 0.6 is 0 Å². The van der Waals surface area contributed by atoms with Crippen LogP contribution in [0, 0.1) is 5.92 Å². The van der Waals surface area contributed by atoms with Gasteiger partial charge in [-0.1, -0.05) is 18.2 Å². The fourth-order valence-electron chi connectivity index (χ4n) is 3.47. The number of aromatic carboxylic acids is 1. The van der Waals surface area contributed by atoms with E-state index >= 15 is 0 Å². The number of rotatable bonds is 6. The number of aromatic nitrogens is 2. The molecule has 0 bridgehead atoms. The normalized spacial score (nSPS) is 16.4. The smallest absolute Gasteiger partial charge is 0.336 e. The number of carboxylic acid groups (broad SMARTS) is 1. The highest BCUT2D eigenvalue weighted by Crippen LogP contribution is 2.29. The van der Waals surface area contributed by atoms with Gasteiger partial charge in [0.25, 0.3) is 10.2 Å². The maximum atomic E-state index is 12.3. The molecule has 8 nitrogen and oxygen atoms in total. The maximum absolute atomic E-state index is 12.3. The van der Waals surface area contributed by atoms with Gasteiger partial charge in [-0.2, -0.15) is 17.0 Å². The second-order valence-electron chi connectivity index (χ2n) is 7.04. The number of nitrogens with zero attached hydrogens (tertiary/aromatic N) is 4. The van der Waals surface area contributed by atoms with Crippen LogP contribution in [0.5, 0.6) is 0 Å². The molecular weight excluding hydrogens is 380 g/mol. The highest BCUT2D eigenvalue weighted by Gasteiger charge is 2.30. The second kappa shape index (κ2) is 8.34. The van der Waals surface area contributed by atoms with E-state index in [4.69, 9.17) is 0 Å². The van der Waals surface area contributed by atoms with Gasteiger partial charge < -0.3 is 5.11 Å². The zero-order valence-electron chi connectivity index (χ0n) is 15.9. The highest BCUT2D eigenvalue weighted by atomic mass is 32.2. The van der Waals surface area contributed by atoms with Crippen LogP contribution in [0.1, 0.15) is 28.9 Å². The monoisotopic (exact) mass is 404 g/mol. The van der Waals surface area contributed by atoms with E-state index in [1.807, 2.05) is 0 Å². The number of hydrogen-bond donors (Lipinski definition) is 1. The number of carboxylic acids is 1. The van der Waals surface area contributed by atoms with E-state index in [0.717, 1.165) is 18.5 Å². The average Bonchev–Trinajstić information content (AvgIpc) is 2.68. The Hall–Kier alpha value is -2.36. The van der Waals surface area contributed by atoms with Gasteiger partial charge in [0.2, 0.25) is 0 Å². The van der Waals surface area contributed by atoms with E-state index in [-0.39, 0.29) is 11.5 Å². The molecule has 3 rings (SSSR count). The molecule has 0 atom stereocenters. The van der Waals surface area contributed by atoms with Crippen LogP contribution in [-0.2, 0) is 16.6 Å². The zero-order valence-corrected chi connectivity index (χ0v) is 16.8. The van der Waals surface area contributed by atoms with Crippen LogP contribution in [0.3, 0.4) is 0 Å². The molecule has 0 radical (unpaired) electrons. The number of benzene rings is 1. The summed E-state index contributed by atoms with van der Waals surface area (Å²) in [6.45, 7) is 0.930. The zero-order chi connectivity index (χ0) is 20.3. The molecule has 0 unspecified atom stereocenters. The van der Waals surface area contributed by atoms with E-state index < -0.39 is 16.2 Å². The number of carbonyl (C=O) groups is 1. The van der Waals surface area contributed by atoms with Crippen LogP contribution < -0.4 is 0 Å². The lowest BCUT2D eigenvalue weighted by molar-refractivity contribution is 0.0697. The summed E-state index contributed by atoms with van der Waals surface area (Å²) in [6.07, 6.45) is 5.25. The van der Waals surface area contributed by atoms with Gasteiger partial charge in [-0.3, -0.25) is 9.97 Å². The molecule has 2 aromatic rings. The van der Waals surface area contributed by atoms with Gasteiger partial charge in [0.05, 0.1) is 17.0 Å². The van der Waals surface area contributed by atoms with Crippen molar-refractivity contribution in [3.63, 3.8) is 0 Å². The summed E-state index contributed by atoms with van der Waals surface area (Å²) in [5, 5.41) is 9.47. The Bertz CT molecular complexity index is 954. The Kier molecular flexibility index (Phi) is 6.07. The molecule has 150 valence electrons. The lowest BCUT2D eigenvalue weighted by atomic mass is 9.91. The van der Waals surface area contributed by atoms with Crippen LogP contribution in [0.25, 0.3) is 11.3 Å². The molecule has 0 saturated carbocycles. The first-order valence-electron chi connectivity index (χ1n) is 9.11. The molecule has 0 amide bonds. The van der Waals surface area contributed by atoms with Crippen molar-refractivity contribution in [1.29, 1.82) is 0 Å². The van der Waals surface area contributed by atoms with Gasteiger partial charge in [-0.05, 0) is 31.2 Å². The molecule has 1 aliphatic heterocycles. The Morgan fingerprint density at radius 2 is 1.82 bits per heavy atom. The molecule has 1 aliphatic rings. The Labute approximate surface area is 165 Å². The summed E-state index contributed by atoms with van der Waals surface area (Å²) in [4.78, 5) is 20.4. The maximum Gasteiger partial charge on any atom is 0.336 e. The highest BCUT2D eigenvalue weighted by molar-refractivity contribution is 7.86. The minimum atomic E-state index is -3.39. The average molecular weight is 404 g/mol. The predicted molar refractivity (Wildman–Crippen MR) is 105 cm³/mol. The van der Waals surface area contributed by atoms with Gasteiger partial charge in [-0.25, -0.2) is 4.79 Å². The van der Waals surface area contributed by atoms with Crippen LogP contribution in [0.2, 0.25) is 0 Å². The van der Waals surface area contributed by atoms with E-state index in [9.17, 15) is 18.3 Å². The van der Waals surface area contributed by atoms with Crippen molar-refractivity contribution >= 4 is 16.2 Å². The molecule has 9 heteroatoms. The van der Waals surface area contributed by atoms with Crippen molar-refractivity contribution < 1.29 is 18.3 Å². The minimum absolute atomic E-state index is 0.191. The third-order valence-electron chi connectivity index (χ3n) is 5.03. The molecule has 2 heterocycles. The first-order valence-corrected chi connectivity index (χ1v) is 10.5. The Morgan fingerprint density at radius 1 is 1.18 bits per heavy atom. The topological polar surface area (TPSA) is 104 Å². The van der Waals surface area contributed by atoms with Gasteiger partial charge in [-0.15, -0.1) is 0 Å². The number of hydrogen-bond acceptors (Lipinski definition) is 5. The van der Waals surface area contributed by atoms with E-state index in [2.05, 4.69) is 9.97 Å². The summed E-state index contributed by atoms with van der Waals surface area (Å²) < 4.78 is 27.3. The van der Waals surface area contributed by atoms with Crippen LogP contribution in [-0.4, -0.2) is 65.3 Å². The van der Waals surface area contributed by atoms with Crippen molar-refractivity contribution in [1.82, 2.24) is 18.6 Å². The lowest BCUT2D eigenvalue weighted by Crippen LogP contribution is -2.44. The van der Waals surface area contributed by atoms with Gasteiger partial charge in [0, 0.05) is 45.1 Å². The van der Waals surface area contributed by atoms with Crippen molar-refractivity contribution in [2.24, 2.45) is 5.92 Å². The third-order valence-corrected chi connectivity index (χ3v) is 6.97.